The number of amides is 4. The van der Waals surface area contributed by atoms with Crippen LogP contribution in [0.3, 0.4) is 0 Å². The zero-order valence-corrected chi connectivity index (χ0v) is 6.82. The van der Waals surface area contributed by atoms with Crippen molar-refractivity contribution in [2.75, 3.05) is 13.1 Å². The van der Waals surface area contributed by atoms with Gasteiger partial charge in [-0.15, -0.1) is 0 Å². The van der Waals surface area contributed by atoms with Crippen LogP contribution in [-0.2, 0) is 9.59 Å². The van der Waals surface area contributed by atoms with E-state index < -0.39 is 23.9 Å². The summed E-state index contributed by atoms with van der Waals surface area (Å²) in [7, 11) is 0. The molecular weight excluding hydrogens is 176 g/mol. The normalized spacial score (nSPS) is 18.7. The summed E-state index contributed by atoms with van der Waals surface area (Å²) in [6.45, 7) is -0.104. The van der Waals surface area contributed by atoms with Crippen molar-refractivity contribution in [2.45, 2.75) is 6.04 Å². The van der Waals surface area contributed by atoms with Gasteiger partial charge in [-0.1, -0.05) is 0 Å². The molecule has 0 saturated carbocycles. The molecule has 5 N–H and O–H groups in total. The predicted octanol–water partition coefficient (Wildman–Crippen LogP) is -2.65. The quantitative estimate of drug-likeness (QED) is 0.417. The Hall–Kier alpha value is -1.63. The molecule has 7 heteroatoms. The number of hydrogen-bond acceptors (Lipinski definition) is 4. The van der Waals surface area contributed by atoms with E-state index in [0.717, 1.165) is 4.90 Å². The maximum atomic E-state index is 10.9. The molecule has 0 aromatic heterocycles. The van der Waals surface area contributed by atoms with Crippen LogP contribution in [0, 0.1) is 0 Å². The predicted molar refractivity (Wildman–Crippen MR) is 42.3 cm³/mol. The smallest absolute Gasteiger partial charge is 0.324 e. The van der Waals surface area contributed by atoms with Gasteiger partial charge in [0.05, 0.1) is 0 Å². The molecule has 0 aromatic rings. The van der Waals surface area contributed by atoms with Gasteiger partial charge in [-0.3, -0.25) is 14.9 Å². The van der Waals surface area contributed by atoms with Gasteiger partial charge < -0.3 is 16.4 Å². The average molecular weight is 186 g/mol. The molecule has 0 radical (unpaired) electrons. The second-order valence-corrected chi connectivity index (χ2v) is 2.74. The third-order valence-corrected chi connectivity index (χ3v) is 1.65. The zero-order chi connectivity index (χ0) is 10.0. The Bertz CT molecular complexity index is 265. The zero-order valence-electron chi connectivity index (χ0n) is 6.82. The summed E-state index contributed by atoms with van der Waals surface area (Å²) in [5.74, 6) is -1.10. The largest absolute Gasteiger partial charge is 0.368 e. The number of nitrogens with zero attached hydrogens (tertiary/aromatic N) is 1. The molecule has 1 unspecified atom stereocenters. The highest BCUT2D eigenvalue weighted by molar-refractivity contribution is 6.02. The van der Waals surface area contributed by atoms with Crippen LogP contribution in [0.15, 0.2) is 0 Å². The Morgan fingerprint density at radius 1 is 1.62 bits per heavy atom. The van der Waals surface area contributed by atoms with Gasteiger partial charge in [-0.2, -0.15) is 0 Å². The summed E-state index contributed by atoms with van der Waals surface area (Å²) in [6.07, 6.45) is 0. The van der Waals surface area contributed by atoms with Gasteiger partial charge in [-0.05, 0) is 0 Å². The molecule has 1 atom stereocenters. The van der Waals surface area contributed by atoms with Crippen molar-refractivity contribution in [2.24, 2.45) is 11.5 Å². The number of carbonyl (C=O) groups is 3. The molecule has 0 spiro atoms. The maximum absolute atomic E-state index is 10.9. The van der Waals surface area contributed by atoms with E-state index in [0.29, 0.717) is 0 Å². The number of nitrogens with two attached hydrogens (primary N) is 2. The van der Waals surface area contributed by atoms with Crippen LogP contribution in [0.1, 0.15) is 0 Å². The SMILES string of the molecule is NC(=O)C(N)CN1CC(=O)NC1=O. The molecule has 7 nitrogen and oxygen atoms in total. The van der Waals surface area contributed by atoms with E-state index in [9.17, 15) is 14.4 Å². The third kappa shape index (κ3) is 2.15. The van der Waals surface area contributed by atoms with Crippen molar-refractivity contribution in [3.63, 3.8) is 0 Å². The van der Waals surface area contributed by atoms with E-state index >= 15 is 0 Å². The fraction of sp³-hybridized carbons (Fsp3) is 0.500. The van der Waals surface area contributed by atoms with Crippen molar-refractivity contribution in [3.8, 4) is 0 Å². The van der Waals surface area contributed by atoms with E-state index in [1.54, 1.807) is 0 Å². The van der Waals surface area contributed by atoms with E-state index in [1.807, 2.05) is 0 Å². The lowest BCUT2D eigenvalue weighted by molar-refractivity contribution is -0.120. The number of urea groups is 1. The lowest BCUT2D eigenvalue weighted by atomic mass is 10.3. The van der Waals surface area contributed by atoms with E-state index in [-0.39, 0.29) is 13.1 Å². The second kappa shape index (κ2) is 3.40. The van der Waals surface area contributed by atoms with Crippen molar-refractivity contribution < 1.29 is 14.4 Å². The summed E-state index contributed by atoms with van der Waals surface area (Å²) in [6, 6.07) is -1.47. The first kappa shape index (κ1) is 9.46. The molecule has 0 aliphatic carbocycles. The van der Waals surface area contributed by atoms with Crippen LogP contribution in [0.4, 0.5) is 4.79 Å². The van der Waals surface area contributed by atoms with Gasteiger partial charge in [0.25, 0.3) is 0 Å². The lowest BCUT2D eigenvalue weighted by Crippen LogP contribution is -2.46. The molecule has 72 valence electrons. The van der Waals surface area contributed by atoms with Gasteiger partial charge in [0.2, 0.25) is 11.8 Å². The van der Waals surface area contributed by atoms with Crippen LogP contribution in [0.25, 0.3) is 0 Å². The Morgan fingerprint density at radius 3 is 2.62 bits per heavy atom. The minimum Gasteiger partial charge on any atom is -0.368 e. The van der Waals surface area contributed by atoms with Gasteiger partial charge >= 0.3 is 6.03 Å². The molecule has 1 aliphatic rings. The van der Waals surface area contributed by atoms with Gasteiger partial charge in [0, 0.05) is 6.54 Å². The first-order valence-electron chi connectivity index (χ1n) is 3.64. The molecule has 1 rings (SSSR count). The van der Waals surface area contributed by atoms with Crippen LogP contribution >= 0.6 is 0 Å². The monoisotopic (exact) mass is 186 g/mol. The highest BCUT2D eigenvalue weighted by atomic mass is 16.2. The molecule has 1 saturated heterocycles. The standard InChI is InChI=1S/C6H10N4O3/c7-3(5(8)12)1-10-2-4(11)9-6(10)13/h3H,1-2,7H2,(H2,8,12)(H,9,11,13). The molecule has 1 aliphatic heterocycles. The first-order chi connectivity index (χ1) is 6.00. The number of carbonyl (C=O) groups excluding carboxylic acids is 3. The highest BCUT2D eigenvalue weighted by Gasteiger charge is 2.28. The van der Waals surface area contributed by atoms with Crippen LogP contribution in [0.5, 0.6) is 0 Å². The molecule has 1 fully saturated rings. The Kier molecular flexibility index (Phi) is 2.47. The van der Waals surface area contributed by atoms with Crippen molar-refractivity contribution in [1.82, 2.24) is 10.2 Å². The van der Waals surface area contributed by atoms with Crippen LogP contribution < -0.4 is 16.8 Å². The van der Waals surface area contributed by atoms with Crippen molar-refractivity contribution >= 4 is 17.8 Å². The van der Waals surface area contributed by atoms with E-state index in [4.69, 9.17) is 11.5 Å². The van der Waals surface area contributed by atoms with E-state index in [1.165, 1.54) is 0 Å². The second-order valence-electron chi connectivity index (χ2n) is 2.74. The Balaban J connectivity index is 2.50. The Labute approximate surface area is 74.0 Å². The topological polar surface area (TPSA) is 119 Å². The number of imide groups is 1. The summed E-state index contributed by atoms with van der Waals surface area (Å²) >= 11 is 0. The minimum absolute atomic E-state index is 0.0348. The fourth-order valence-electron chi connectivity index (χ4n) is 0.958. The molecule has 1 heterocycles. The summed E-state index contributed by atoms with van der Waals surface area (Å²) < 4.78 is 0. The fourth-order valence-corrected chi connectivity index (χ4v) is 0.958. The van der Waals surface area contributed by atoms with Gasteiger partial charge in [0.15, 0.2) is 0 Å². The van der Waals surface area contributed by atoms with Gasteiger partial charge in [0.1, 0.15) is 12.6 Å². The molecule has 4 amide bonds. The number of hydrogen-bond donors (Lipinski definition) is 3. The van der Waals surface area contributed by atoms with E-state index in [2.05, 4.69) is 5.32 Å². The summed E-state index contributed by atoms with van der Waals surface area (Å²) in [5, 5.41) is 2.05. The maximum Gasteiger partial charge on any atom is 0.324 e. The highest BCUT2D eigenvalue weighted by Crippen LogP contribution is 1.98. The van der Waals surface area contributed by atoms with Crippen molar-refractivity contribution in [3.05, 3.63) is 0 Å². The summed E-state index contributed by atoms with van der Waals surface area (Å²) in [4.78, 5) is 33.3. The van der Waals surface area contributed by atoms with Gasteiger partial charge in [-0.25, -0.2) is 4.79 Å². The lowest BCUT2D eigenvalue weighted by Gasteiger charge is -2.15. The third-order valence-electron chi connectivity index (χ3n) is 1.65. The average Bonchev–Trinajstić information content (AvgIpc) is 2.30. The summed E-state index contributed by atoms with van der Waals surface area (Å²) in [5.41, 5.74) is 10.2. The molecule has 0 aromatic carbocycles. The number of rotatable bonds is 3. The minimum atomic E-state index is -0.934. The number of primary amides is 1. The number of nitrogens with one attached hydrogen (secondary N) is 1. The van der Waals surface area contributed by atoms with Crippen LogP contribution in [-0.4, -0.2) is 41.9 Å². The first-order valence-corrected chi connectivity index (χ1v) is 3.64. The molecular formula is C6H10N4O3. The van der Waals surface area contributed by atoms with Crippen LogP contribution in [0.2, 0.25) is 0 Å². The molecule has 13 heavy (non-hydrogen) atoms. The molecule has 0 bridgehead atoms. The Morgan fingerprint density at radius 2 is 2.23 bits per heavy atom. The van der Waals surface area contributed by atoms with Crippen molar-refractivity contribution in [1.29, 1.82) is 0 Å².